The van der Waals surface area contributed by atoms with Gasteiger partial charge in [0.05, 0.1) is 17.3 Å². The summed E-state index contributed by atoms with van der Waals surface area (Å²) in [6.07, 6.45) is 0.245. The van der Waals surface area contributed by atoms with Crippen LogP contribution >= 0.6 is 0 Å². The maximum absolute atomic E-state index is 12.6. The first kappa shape index (κ1) is 19.6. The van der Waals surface area contributed by atoms with E-state index in [0.29, 0.717) is 11.3 Å². The van der Waals surface area contributed by atoms with Crippen molar-refractivity contribution in [1.29, 1.82) is 5.26 Å². The van der Waals surface area contributed by atoms with Gasteiger partial charge in [0.2, 0.25) is 5.91 Å². The smallest absolute Gasteiger partial charge is 0.266 e. The monoisotopic (exact) mass is 365 g/mol. The maximum atomic E-state index is 12.6. The Morgan fingerprint density at radius 1 is 1.19 bits per heavy atom. The normalized spacial score (nSPS) is 11.6. The van der Waals surface area contributed by atoms with Crippen LogP contribution < -0.4 is 5.32 Å². The quantitative estimate of drug-likeness (QED) is 0.604. The molecule has 2 rings (SSSR count). The van der Waals surface area contributed by atoms with E-state index in [1.807, 2.05) is 6.07 Å². The van der Waals surface area contributed by atoms with E-state index in [9.17, 15) is 14.7 Å². The molecule has 0 aliphatic carbocycles. The van der Waals surface area contributed by atoms with E-state index >= 15 is 0 Å². The maximum Gasteiger partial charge on any atom is 0.266 e. The van der Waals surface area contributed by atoms with Gasteiger partial charge in [0, 0.05) is 20.4 Å². The zero-order chi connectivity index (χ0) is 19.8. The first-order valence-corrected chi connectivity index (χ1v) is 8.13. The molecular weight excluding hydrogens is 346 g/mol. The van der Waals surface area contributed by atoms with Crippen molar-refractivity contribution in [3.05, 3.63) is 59.7 Å². The fourth-order valence-corrected chi connectivity index (χ4v) is 2.30. The van der Waals surface area contributed by atoms with Crippen LogP contribution in [0.4, 0.5) is 5.69 Å². The van der Waals surface area contributed by atoms with E-state index in [0.717, 1.165) is 10.6 Å². The van der Waals surface area contributed by atoms with Crippen molar-refractivity contribution in [3.8, 4) is 11.8 Å². The van der Waals surface area contributed by atoms with Crippen molar-refractivity contribution in [2.75, 3.05) is 7.05 Å². The van der Waals surface area contributed by atoms with Gasteiger partial charge in [-0.05, 0) is 42.0 Å². The van der Waals surface area contributed by atoms with Gasteiger partial charge >= 0.3 is 0 Å². The van der Waals surface area contributed by atoms with Crippen LogP contribution in [0.3, 0.4) is 0 Å². The van der Waals surface area contributed by atoms with Gasteiger partial charge < -0.3 is 10.4 Å². The SMILES string of the molecule is CC(=O)N[C@@H](Cc1ccc(O)cc1)C(=O)N(C)N=Nc1ccc(C#N)cc1. The van der Waals surface area contributed by atoms with E-state index < -0.39 is 11.9 Å². The Labute approximate surface area is 156 Å². The first-order valence-electron chi connectivity index (χ1n) is 8.13. The molecule has 0 aliphatic rings. The molecule has 0 spiro atoms. The summed E-state index contributed by atoms with van der Waals surface area (Å²) in [5.41, 5.74) is 1.76. The molecular formula is C19H19N5O3. The van der Waals surface area contributed by atoms with Gasteiger partial charge in [-0.15, -0.1) is 5.11 Å². The molecule has 8 nitrogen and oxygen atoms in total. The van der Waals surface area contributed by atoms with Gasteiger partial charge in [-0.3, -0.25) is 9.59 Å². The summed E-state index contributed by atoms with van der Waals surface area (Å²) in [6.45, 7) is 1.33. The van der Waals surface area contributed by atoms with Gasteiger partial charge in [0.15, 0.2) is 0 Å². The number of amides is 2. The molecule has 8 heteroatoms. The lowest BCUT2D eigenvalue weighted by molar-refractivity contribution is -0.135. The highest BCUT2D eigenvalue weighted by Gasteiger charge is 2.23. The fourth-order valence-electron chi connectivity index (χ4n) is 2.30. The molecule has 0 heterocycles. The number of nitriles is 1. The van der Waals surface area contributed by atoms with Crippen molar-refractivity contribution in [2.45, 2.75) is 19.4 Å². The average molecular weight is 365 g/mol. The van der Waals surface area contributed by atoms with Crippen LogP contribution in [0.5, 0.6) is 5.75 Å². The highest BCUT2D eigenvalue weighted by atomic mass is 16.3. The highest BCUT2D eigenvalue weighted by molar-refractivity contribution is 5.86. The number of phenolic OH excluding ortho intramolecular Hbond substituents is 1. The van der Waals surface area contributed by atoms with E-state index in [1.165, 1.54) is 26.1 Å². The summed E-state index contributed by atoms with van der Waals surface area (Å²) in [5.74, 6) is -0.658. The molecule has 27 heavy (non-hydrogen) atoms. The Bertz CT molecular complexity index is 870. The Morgan fingerprint density at radius 3 is 2.37 bits per heavy atom. The van der Waals surface area contributed by atoms with Crippen molar-refractivity contribution < 1.29 is 14.7 Å². The summed E-state index contributed by atoms with van der Waals surface area (Å²) in [7, 11) is 1.45. The molecule has 0 fully saturated rings. The molecule has 0 saturated heterocycles. The summed E-state index contributed by atoms with van der Waals surface area (Å²) in [4.78, 5) is 24.1. The predicted octanol–water partition coefficient (Wildman–Crippen LogP) is 2.47. The Morgan fingerprint density at radius 2 is 1.81 bits per heavy atom. The molecule has 2 amide bonds. The lowest BCUT2D eigenvalue weighted by Gasteiger charge is -2.20. The standard InChI is InChI=1S/C19H19N5O3/c1-13(25)21-18(11-14-5-9-17(26)10-6-14)19(27)24(2)23-22-16-7-3-15(12-20)4-8-16/h3-10,18,26H,11H2,1-2H3,(H,21,25)/t18-/m0/s1. The number of nitrogens with one attached hydrogen (secondary N) is 1. The van der Waals surface area contributed by atoms with Crippen LogP contribution in [0.15, 0.2) is 58.9 Å². The van der Waals surface area contributed by atoms with E-state index in [4.69, 9.17) is 5.26 Å². The van der Waals surface area contributed by atoms with Gasteiger partial charge in [-0.2, -0.15) is 5.26 Å². The molecule has 0 aliphatic heterocycles. The summed E-state index contributed by atoms with van der Waals surface area (Å²) in [6, 6.07) is 14.0. The largest absolute Gasteiger partial charge is 0.508 e. The predicted molar refractivity (Wildman–Crippen MR) is 97.9 cm³/mol. The third-order valence-corrected chi connectivity index (χ3v) is 3.66. The highest BCUT2D eigenvalue weighted by Crippen LogP contribution is 2.15. The fraction of sp³-hybridized carbons (Fsp3) is 0.211. The number of likely N-dealkylation sites (N-methyl/N-ethyl adjacent to an activating group) is 1. The molecule has 2 aromatic carbocycles. The van der Waals surface area contributed by atoms with E-state index in [-0.39, 0.29) is 18.1 Å². The van der Waals surface area contributed by atoms with E-state index in [2.05, 4.69) is 15.7 Å². The van der Waals surface area contributed by atoms with Crippen LogP contribution in [-0.4, -0.2) is 35.0 Å². The van der Waals surface area contributed by atoms with Crippen molar-refractivity contribution in [2.24, 2.45) is 10.3 Å². The number of rotatable bonds is 6. The van der Waals surface area contributed by atoms with Gasteiger partial charge in [-0.25, -0.2) is 5.01 Å². The Hall–Kier alpha value is -3.73. The van der Waals surface area contributed by atoms with Crippen molar-refractivity contribution in [1.82, 2.24) is 10.3 Å². The van der Waals surface area contributed by atoms with Gasteiger partial charge in [0.1, 0.15) is 11.8 Å². The minimum absolute atomic E-state index is 0.120. The zero-order valence-corrected chi connectivity index (χ0v) is 15.0. The molecule has 0 bridgehead atoms. The minimum atomic E-state index is -0.822. The number of hydrogen-bond donors (Lipinski definition) is 2. The zero-order valence-electron chi connectivity index (χ0n) is 15.0. The first-order chi connectivity index (χ1) is 12.9. The topological polar surface area (TPSA) is 118 Å². The number of benzene rings is 2. The van der Waals surface area contributed by atoms with Crippen LogP contribution in [0.1, 0.15) is 18.1 Å². The van der Waals surface area contributed by atoms with Crippen LogP contribution in [0.2, 0.25) is 0 Å². The molecule has 0 radical (unpaired) electrons. The van der Waals surface area contributed by atoms with Crippen molar-refractivity contribution >= 4 is 17.5 Å². The minimum Gasteiger partial charge on any atom is -0.508 e. The second kappa shape index (κ2) is 9.10. The molecule has 2 aromatic rings. The lowest BCUT2D eigenvalue weighted by atomic mass is 10.0. The van der Waals surface area contributed by atoms with Crippen LogP contribution in [-0.2, 0) is 16.0 Å². The molecule has 0 unspecified atom stereocenters. The lowest BCUT2D eigenvalue weighted by Crippen LogP contribution is -2.46. The second-order valence-electron chi connectivity index (χ2n) is 5.83. The van der Waals surface area contributed by atoms with Crippen molar-refractivity contribution in [3.63, 3.8) is 0 Å². The third-order valence-electron chi connectivity index (χ3n) is 3.66. The summed E-state index contributed by atoms with van der Waals surface area (Å²) < 4.78 is 0. The molecule has 0 aromatic heterocycles. The summed E-state index contributed by atoms with van der Waals surface area (Å²) >= 11 is 0. The Kier molecular flexibility index (Phi) is 6.61. The van der Waals surface area contributed by atoms with Crippen LogP contribution in [0.25, 0.3) is 0 Å². The molecule has 1 atom stereocenters. The van der Waals surface area contributed by atoms with E-state index in [1.54, 1.807) is 36.4 Å². The molecule has 0 saturated carbocycles. The Balaban J connectivity index is 2.10. The van der Waals surface area contributed by atoms with Gasteiger partial charge in [-0.1, -0.05) is 17.4 Å². The number of carbonyl (C=O) groups excluding carboxylic acids is 2. The average Bonchev–Trinajstić information content (AvgIpc) is 2.66. The molecule has 2 N–H and O–H groups in total. The number of nitrogens with zero attached hydrogens (tertiary/aromatic N) is 4. The number of phenols is 1. The van der Waals surface area contributed by atoms with Crippen LogP contribution in [0, 0.1) is 11.3 Å². The number of carbonyl (C=O) groups is 2. The second-order valence-corrected chi connectivity index (χ2v) is 5.83. The summed E-state index contributed by atoms with van der Waals surface area (Å²) in [5, 5.41) is 29.6. The third kappa shape index (κ3) is 5.93. The number of hydrogen-bond acceptors (Lipinski definition) is 6. The number of aromatic hydroxyl groups is 1. The molecule has 138 valence electrons. The van der Waals surface area contributed by atoms with Gasteiger partial charge in [0.25, 0.3) is 5.91 Å².